The summed E-state index contributed by atoms with van der Waals surface area (Å²) in [5.74, 6) is -1.25. The Labute approximate surface area is 138 Å². The molecule has 0 aliphatic carbocycles. The first kappa shape index (κ1) is 15.9. The van der Waals surface area contributed by atoms with Crippen molar-refractivity contribution >= 4 is 17.3 Å². The van der Waals surface area contributed by atoms with Gasteiger partial charge in [-0.3, -0.25) is 14.9 Å². The van der Waals surface area contributed by atoms with Crippen LogP contribution in [0.3, 0.4) is 0 Å². The number of nitro groups is 1. The highest BCUT2D eigenvalue weighted by molar-refractivity contribution is 5.95. The van der Waals surface area contributed by atoms with Gasteiger partial charge in [0, 0.05) is 44.0 Å². The smallest absolute Gasteiger partial charge is 0.270 e. The van der Waals surface area contributed by atoms with Crippen LogP contribution in [0.4, 0.5) is 15.8 Å². The van der Waals surface area contributed by atoms with Gasteiger partial charge in [-0.2, -0.15) is 0 Å². The number of nitrogens with zero attached hydrogens (tertiary/aromatic N) is 3. The standard InChI is InChI=1S/C17H16FN3O3/c18-16-7-6-14(21(23)24)12-15(16)17(22)20-10-8-19(9-11-20)13-4-2-1-3-5-13/h1-7,12H,8-11H2. The summed E-state index contributed by atoms with van der Waals surface area (Å²) in [5.41, 5.74) is 0.533. The van der Waals surface area contributed by atoms with Gasteiger partial charge in [0.1, 0.15) is 5.82 Å². The summed E-state index contributed by atoms with van der Waals surface area (Å²) in [5, 5.41) is 10.8. The largest absolute Gasteiger partial charge is 0.368 e. The third kappa shape index (κ3) is 3.19. The van der Waals surface area contributed by atoms with Gasteiger partial charge >= 0.3 is 0 Å². The first-order valence-corrected chi connectivity index (χ1v) is 7.59. The van der Waals surface area contributed by atoms with E-state index in [2.05, 4.69) is 4.90 Å². The molecule has 2 aromatic carbocycles. The van der Waals surface area contributed by atoms with Crippen molar-refractivity contribution < 1.29 is 14.1 Å². The molecule has 1 saturated heterocycles. The number of carbonyl (C=O) groups excluding carboxylic acids is 1. The van der Waals surface area contributed by atoms with Crippen LogP contribution < -0.4 is 4.90 Å². The summed E-state index contributed by atoms with van der Waals surface area (Å²) < 4.78 is 13.9. The summed E-state index contributed by atoms with van der Waals surface area (Å²) >= 11 is 0. The van der Waals surface area contributed by atoms with Crippen LogP contribution >= 0.6 is 0 Å². The van der Waals surface area contributed by atoms with Crippen molar-refractivity contribution in [1.82, 2.24) is 4.90 Å². The Kier molecular flexibility index (Phi) is 4.41. The molecule has 0 atom stereocenters. The number of halogens is 1. The minimum Gasteiger partial charge on any atom is -0.368 e. The van der Waals surface area contributed by atoms with Crippen LogP contribution in [-0.4, -0.2) is 41.9 Å². The van der Waals surface area contributed by atoms with Crippen molar-refractivity contribution in [2.45, 2.75) is 0 Å². The van der Waals surface area contributed by atoms with E-state index < -0.39 is 16.6 Å². The van der Waals surface area contributed by atoms with Crippen LogP contribution in [0.25, 0.3) is 0 Å². The third-order valence-electron chi connectivity index (χ3n) is 4.08. The number of hydrogen-bond donors (Lipinski definition) is 0. The predicted molar refractivity (Wildman–Crippen MR) is 87.6 cm³/mol. The van der Waals surface area contributed by atoms with Gasteiger partial charge in [-0.25, -0.2) is 4.39 Å². The molecule has 124 valence electrons. The van der Waals surface area contributed by atoms with E-state index in [4.69, 9.17) is 0 Å². The molecule has 0 radical (unpaired) electrons. The maximum atomic E-state index is 13.9. The lowest BCUT2D eigenvalue weighted by molar-refractivity contribution is -0.384. The predicted octanol–water partition coefficient (Wildman–Crippen LogP) is 2.70. The quantitative estimate of drug-likeness (QED) is 0.641. The van der Waals surface area contributed by atoms with E-state index in [-0.39, 0.29) is 11.3 Å². The summed E-state index contributed by atoms with van der Waals surface area (Å²) in [4.78, 5) is 26.3. The number of non-ortho nitro benzene ring substituents is 1. The van der Waals surface area contributed by atoms with Gasteiger partial charge in [-0.15, -0.1) is 0 Å². The van der Waals surface area contributed by atoms with Crippen molar-refractivity contribution in [3.8, 4) is 0 Å². The molecule has 0 aromatic heterocycles. The van der Waals surface area contributed by atoms with Crippen molar-refractivity contribution in [1.29, 1.82) is 0 Å². The van der Waals surface area contributed by atoms with E-state index in [1.165, 1.54) is 4.90 Å². The van der Waals surface area contributed by atoms with Gasteiger partial charge in [-0.05, 0) is 18.2 Å². The summed E-state index contributed by atoms with van der Waals surface area (Å²) in [6.07, 6.45) is 0. The first-order chi connectivity index (χ1) is 11.6. The molecule has 1 aliphatic heterocycles. The molecule has 2 aromatic rings. The van der Waals surface area contributed by atoms with Gasteiger partial charge in [0.25, 0.3) is 11.6 Å². The Morgan fingerprint density at radius 3 is 2.33 bits per heavy atom. The number of anilines is 1. The molecule has 0 N–H and O–H groups in total. The Morgan fingerprint density at radius 2 is 1.71 bits per heavy atom. The van der Waals surface area contributed by atoms with Crippen molar-refractivity contribution in [3.05, 3.63) is 70.0 Å². The fraction of sp³-hybridized carbons (Fsp3) is 0.235. The molecule has 3 rings (SSSR count). The highest BCUT2D eigenvalue weighted by Gasteiger charge is 2.25. The Balaban J connectivity index is 1.71. The van der Waals surface area contributed by atoms with E-state index in [0.717, 1.165) is 23.9 Å². The molecule has 0 saturated carbocycles. The number of nitro benzene ring substituents is 1. The van der Waals surface area contributed by atoms with E-state index >= 15 is 0 Å². The number of rotatable bonds is 3. The minimum atomic E-state index is -0.740. The second kappa shape index (κ2) is 6.66. The van der Waals surface area contributed by atoms with Crippen LogP contribution in [0.5, 0.6) is 0 Å². The summed E-state index contributed by atoms with van der Waals surface area (Å²) in [7, 11) is 0. The number of piperazine rings is 1. The molecular formula is C17H16FN3O3. The van der Waals surface area contributed by atoms with Crippen LogP contribution in [0.1, 0.15) is 10.4 Å². The lowest BCUT2D eigenvalue weighted by atomic mass is 10.1. The molecule has 0 spiro atoms. The summed E-state index contributed by atoms with van der Waals surface area (Å²) in [6.45, 7) is 2.14. The normalized spacial score (nSPS) is 14.5. The SMILES string of the molecule is O=C(c1cc([N+](=O)[O-])ccc1F)N1CCN(c2ccccc2)CC1. The molecule has 7 heteroatoms. The zero-order valence-corrected chi connectivity index (χ0v) is 12.9. The average molecular weight is 329 g/mol. The van der Waals surface area contributed by atoms with Crippen molar-refractivity contribution in [2.24, 2.45) is 0 Å². The number of amides is 1. The van der Waals surface area contributed by atoms with Gasteiger partial charge in [0.05, 0.1) is 10.5 Å². The molecule has 24 heavy (non-hydrogen) atoms. The van der Waals surface area contributed by atoms with Crippen LogP contribution in [0, 0.1) is 15.9 Å². The van der Waals surface area contributed by atoms with Gasteiger partial charge in [-0.1, -0.05) is 18.2 Å². The Bertz CT molecular complexity index is 759. The van der Waals surface area contributed by atoms with Gasteiger partial charge in [0.2, 0.25) is 0 Å². The first-order valence-electron chi connectivity index (χ1n) is 7.59. The number of para-hydroxylation sites is 1. The Hall–Kier alpha value is -2.96. The maximum Gasteiger partial charge on any atom is 0.270 e. The second-order valence-electron chi connectivity index (χ2n) is 5.54. The van der Waals surface area contributed by atoms with Gasteiger partial charge in [0.15, 0.2) is 0 Å². The monoisotopic (exact) mass is 329 g/mol. The molecule has 1 fully saturated rings. The topological polar surface area (TPSA) is 66.7 Å². The number of hydrogen-bond acceptors (Lipinski definition) is 4. The van der Waals surface area contributed by atoms with Crippen LogP contribution in [0.15, 0.2) is 48.5 Å². The molecule has 1 heterocycles. The zero-order valence-electron chi connectivity index (χ0n) is 12.9. The molecule has 0 unspecified atom stereocenters. The second-order valence-corrected chi connectivity index (χ2v) is 5.54. The van der Waals surface area contributed by atoms with E-state index in [9.17, 15) is 19.3 Å². The fourth-order valence-electron chi connectivity index (χ4n) is 2.77. The molecule has 1 amide bonds. The number of benzene rings is 2. The lowest BCUT2D eigenvalue weighted by Gasteiger charge is -2.36. The summed E-state index contributed by atoms with van der Waals surface area (Å²) in [6, 6.07) is 12.9. The number of carbonyl (C=O) groups is 1. The maximum absolute atomic E-state index is 13.9. The lowest BCUT2D eigenvalue weighted by Crippen LogP contribution is -2.49. The highest BCUT2D eigenvalue weighted by atomic mass is 19.1. The van der Waals surface area contributed by atoms with E-state index in [1.54, 1.807) is 0 Å². The highest BCUT2D eigenvalue weighted by Crippen LogP contribution is 2.21. The van der Waals surface area contributed by atoms with Crippen LogP contribution in [0.2, 0.25) is 0 Å². The van der Waals surface area contributed by atoms with E-state index in [1.807, 2.05) is 30.3 Å². The molecule has 0 bridgehead atoms. The molecular weight excluding hydrogens is 313 g/mol. The fourth-order valence-corrected chi connectivity index (χ4v) is 2.77. The van der Waals surface area contributed by atoms with Crippen LogP contribution in [-0.2, 0) is 0 Å². The van der Waals surface area contributed by atoms with E-state index in [0.29, 0.717) is 26.2 Å². The van der Waals surface area contributed by atoms with Crippen molar-refractivity contribution in [3.63, 3.8) is 0 Å². The van der Waals surface area contributed by atoms with Crippen molar-refractivity contribution in [2.75, 3.05) is 31.1 Å². The average Bonchev–Trinajstić information content (AvgIpc) is 2.62. The third-order valence-corrected chi connectivity index (χ3v) is 4.08. The molecule has 6 nitrogen and oxygen atoms in total. The minimum absolute atomic E-state index is 0.252. The molecule has 1 aliphatic rings. The van der Waals surface area contributed by atoms with Gasteiger partial charge < -0.3 is 9.80 Å². The Morgan fingerprint density at radius 1 is 1.04 bits per heavy atom. The zero-order chi connectivity index (χ0) is 17.1.